The summed E-state index contributed by atoms with van der Waals surface area (Å²) in [5.74, 6) is 0.190. The second-order valence-electron chi connectivity index (χ2n) is 7.44. The molecule has 1 aromatic heterocycles. The van der Waals surface area contributed by atoms with E-state index in [1.165, 1.54) is 20.3 Å². The molecular formula is C27H21ClO6. The predicted octanol–water partition coefficient (Wildman–Crippen LogP) is 6.06. The van der Waals surface area contributed by atoms with Crippen molar-refractivity contribution in [3.05, 3.63) is 93.1 Å². The molecule has 0 radical (unpaired) electrons. The van der Waals surface area contributed by atoms with Gasteiger partial charge in [0.1, 0.15) is 5.58 Å². The second kappa shape index (κ2) is 9.85. The SMILES string of the molecule is COc1ccc(C=CC(=O)Oc2c(-c3ccccc3Cl)oc3ccc(C)cc3c2=O)cc1OC. The van der Waals surface area contributed by atoms with Gasteiger partial charge in [0.25, 0.3) is 0 Å². The molecule has 4 aromatic rings. The summed E-state index contributed by atoms with van der Waals surface area (Å²) in [6.45, 7) is 1.86. The maximum absolute atomic E-state index is 13.3. The quantitative estimate of drug-likeness (QED) is 0.249. The smallest absolute Gasteiger partial charge is 0.336 e. The topological polar surface area (TPSA) is 75.0 Å². The van der Waals surface area contributed by atoms with Gasteiger partial charge in [-0.1, -0.05) is 41.4 Å². The van der Waals surface area contributed by atoms with Gasteiger partial charge in [0, 0.05) is 11.6 Å². The maximum Gasteiger partial charge on any atom is 0.336 e. The molecule has 0 N–H and O–H groups in total. The summed E-state index contributed by atoms with van der Waals surface area (Å²) in [6, 6.07) is 17.3. The van der Waals surface area contributed by atoms with E-state index in [0.29, 0.717) is 38.6 Å². The van der Waals surface area contributed by atoms with Crippen LogP contribution in [-0.2, 0) is 4.79 Å². The summed E-state index contributed by atoms with van der Waals surface area (Å²) in [6.07, 6.45) is 2.77. The highest BCUT2D eigenvalue weighted by molar-refractivity contribution is 6.33. The number of methoxy groups -OCH3 is 2. The third-order valence-corrected chi connectivity index (χ3v) is 5.47. The van der Waals surface area contributed by atoms with Crippen LogP contribution in [0.1, 0.15) is 11.1 Å². The van der Waals surface area contributed by atoms with E-state index < -0.39 is 11.4 Å². The van der Waals surface area contributed by atoms with Crippen molar-refractivity contribution in [2.45, 2.75) is 6.92 Å². The Morgan fingerprint density at radius 1 is 0.971 bits per heavy atom. The maximum atomic E-state index is 13.3. The number of carbonyl (C=O) groups excluding carboxylic acids is 1. The van der Waals surface area contributed by atoms with Gasteiger partial charge < -0.3 is 18.6 Å². The molecule has 0 aliphatic carbocycles. The first-order valence-electron chi connectivity index (χ1n) is 10.4. The van der Waals surface area contributed by atoms with Crippen molar-refractivity contribution < 1.29 is 23.4 Å². The fraction of sp³-hybridized carbons (Fsp3) is 0.111. The van der Waals surface area contributed by atoms with Crippen LogP contribution in [0.2, 0.25) is 5.02 Å². The van der Waals surface area contributed by atoms with Gasteiger partial charge in [-0.15, -0.1) is 0 Å². The fourth-order valence-electron chi connectivity index (χ4n) is 3.46. The lowest BCUT2D eigenvalue weighted by Crippen LogP contribution is -2.14. The lowest BCUT2D eigenvalue weighted by Gasteiger charge is -2.11. The number of aryl methyl sites for hydroxylation is 1. The van der Waals surface area contributed by atoms with Crippen LogP contribution in [0.4, 0.5) is 0 Å². The summed E-state index contributed by atoms with van der Waals surface area (Å²) < 4.78 is 22.0. The summed E-state index contributed by atoms with van der Waals surface area (Å²) in [5, 5.41) is 0.665. The van der Waals surface area contributed by atoms with Gasteiger partial charge in [-0.3, -0.25) is 4.79 Å². The fourth-order valence-corrected chi connectivity index (χ4v) is 3.68. The molecule has 0 saturated heterocycles. The molecule has 0 aliphatic heterocycles. The molecule has 4 rings (SSSR count). The molecule has 0 amide bonds. The number of carbonyl (C=O) groups is 1. The van der Waals surface area contributed by atoms with E-state index >= 15 is 0 Å². The lowest BCUT2D eigenvalue weighted by atomic mass is 10.1. The van der Waals surface area contributed by atoms with Crippen LogP contribution in [0.3, 0.4) is 0 Å². The van der Waals surface area contributed by atoms with E-state index in [0.717, 1.165) is 5.56 Å². The Labute approximate surface area is 200 Å². The van der Waals surface area contributed by atoms with E-state index in [2.05, 4.69) is 0 Å². The Bertz CT molecular complexity index is 1470. The summed E-state index contributed by atoms with van der Waals surface area (Å²) in [5.41, 5.74) is 1.90. The first-order chi connectivity index (χ1) is 16.4. The van der Waals surface area contributed by atoms with Gasteiger partial charge in [0.2, 0.25) is 11.2 Å². The van der Waals surface area contributed by atoms with Gasteiger partial charge in [-0.25, -0.2) is 4.79 Å². The first-order valence-corrected chi connectivity index (χ1v) is 10.7. The Kier molecular flexibility index (Phi) is 6.70. The molecule has 0 aliphatic rings. The standard InChI is InChI=1S/C27H21ClO6/c1-16-8-11-21-19(14-16)25(30)27(26(33-21)18-6-4-5-7-20(18)28)34-24(29)13-10-17-9-12-22(31-2)23(15-17)32-3/h4-15H,1-3H3. The third-order valence-electron chi connectivity index (χ3n) is 5.14. The highest BCUT2D eigenvalue weighted by atomic mass is 35.5. The molecular weight excluding hydrogens is 456 g/mol. The van der Waals surface area contributed by atoms with Crippen molar-refractivity contribution in [2.75, 3.05) is 14.2 Å². The van der Waals surface area contributed by atoms with E-state index in [1.54, 1.807) is 60.7 Å². The average Bonchev–Trinajstić information content (AvgIpc) is 2.85. The van der Waals surface area contributed by atoms with Crippen LogP contribution < -0.4 is 19.6 Å². The van der Waals surface area contributed by atoms with Crippen LogP contribution >= 0.6 is 11.6 Å². The highest BCUT2D eigenvalue weighted by Gasteiger charge is 2.21. The van der Waals surface area contributed by atoms with Crippen LogP contribution in [0, 0.1) is 6.92 Å². The van der Waals surface area contributed by atoms with Crippen molar-refractivity contribution in [1.29, 1.82) is 0 Å². The number of hydrogen-bond acceptors (Lipinski definition) is 6. The molecule has 3 aromatic carbocycles. The molecule has 7 heteroatoms. The van der Waals surface area contributed by atoms with E-state index in [1.807, 2.05) is 13.0 Å². The highest BCUT2D eigenvalue weighted by Crippen LogP contribution is 2.35. The van der Waals surface area contributed by atoms with Crippen molar-refractivity contribution in [3.63, 3.8) is 0 Å². The molecule has 0 bridgehead atoms. The zero-order valence-corrected chi connectivity index (χ0v) is 19.5. The number of hydrogen-bond donors (Lipinski definition) is 0. The van der Waals surface area contributed by atoms with Crippen molar-refractivity contribution >= 4 is 34.6 Å². The third kappa shape index (κ3) is 4.67. The van der Waals surface area contributed by atoms with Gasteiger partial charge in [-0.2, -0.15) is 0 Å². The van der Waals surface area contributed by atoms with Crippen molar-refractivity contribution in [3.8, 4) is 28.6 Å². The van der Waals surface area contributed by atoms with Crippen molar-refractivity contribution in [1.82, 2.24) is 0 Å². The number of ether oxygens (including phenoxy) is 3. The number of benzene rings is 3. The Balaban J connectivity index is 1.74. The van der Waals surface area contributed by atoms with Crippen LogP contribution in [0.5, 0.6) is 17.2 Å². The zero-order chi connectivity index (χ0) is 24.2. The Morgan fingerprint density at radius 2 is 1.74 bits per heavy atom. The number of rotatable bonds is 6. The minimum Gasteiger partial charge on any atom is -0.493 e. The molecule has 172 valence electrons. The summed E-state index contributed by atoms with van der Waals surface area (Å²) >= 11 is 6.35. The lowest BCUT2D eigenvalue weighted by molar-refractivity contribution is -0.129. The number of fused-ring (bicyclic) bond motifs is 1. The molecule has 0 saturated carbocycles. The van der Waals surface area contributed by atoms with E-state index in [4.69, 9.17) is 30.2 Å². The van der Waals surface area contributed by atoms with E-state index in [-0.39, 0.29) is 11.5 Å². The molecule has 0 atom stereocenters. The zero-order valence-electron chi connectivity index (χ0n) is 18.8. The molecule has 0 unspecified atom stereocenters. The van der Waals surface area contributed by atoms with Gasteiger partial charge in [0.05, 0.1) is 24.6 Å². The summed E-state index contributed by atoms with van der Waals surface area (Å²) in [7, 11) is 3.06. The molecule has 0 spiro atoms. The van der Waals surface area contributed by atoms with E-state index in [9.17, 15) is 9.59 Å². The molecule has 6 nitrogen and oxygen atoms in total. The van der Waals surface area contributed by atoms with Gasteiger partial charge in [0.15, 0.2) is 17.3 Å². The first kappa shape index (κ1) is 23.1. The van der Waals surface area contributed by atoms with Gasteiger partial charge >= 0.3 is 5.97 Å². The average molecular weight is 477 g/mol. The van der Waals surface area contributed by atoms with Gasteiger partial charge in [-0.05, 0) is 55.0 Å². The second-order valence-corrected chi connectivity index (χ2v) is 7.84. The molecule has 1 heterocycles. The minimum absolute atomic E-state index is 0.0832. The Hall–Kier alpha value is -4.03. The Morgan fingerprint density at radius 3 is 2.47 bits per heavy atom. The van der Waals surface area contributed by atoms with Crippen LogP contribution in [0.25, 0.3) is 28.4 Å². The molecule has 0 fully saturated rings. The van der Waals surface area contributed by atoms with Crippen molar-refractivity contribution in [2.24, 2.45) is 0 Å². The number of halogens is 1. The minimum atomic E-state index is -0.748. The monoisotopic (exact) mass is 476 g/mol. The normalized spacial score (nSPS) is 11.1. The molecule has 34 heavy (non-hydrogen) atoms. The summed E-state index contributed by atoms with van der Waals surface area (Å²) in [4.78, 5) is 26.0. The largest absolute Gasteiger partial charge is 0.493 e. The van der Waals surface area contributed by atoms with Crippen LogP contribution in [0.15, 0.2) is 76.0 Å². The van der Waals surface area contributed by atoms with Crippen LogP contribution in [-0.4, -0.2) is 20.2 Å². The predicted molar refractivity (Wildman–Crippen MR) is 132 cm³/mol. The number of esters is 1.